The van der Waals surface area contributed by atoms with Crippen LogP contribution in [0.3, 0.4) is 0 Å². The minimum atomic E-state index is -0.349. The maximum atomic E-state index is 14.2. The molecule has 0 saturated heterocycles. The molecule has 5 nitrogen and oxygen atoms in total. The summed E-state index contributed by atoms with van der Waals surface area (Å²) in [5.74, 6) is -0.663. The molecule has 0 unspecified atom stereocenters. The van der Waals surface area contributed by atoms with Crippen LogP contribution in [0.5, 0.6) is 0 Å². The van der Waals surface area contributed by atoms with Gasteiger partial charge >= 0.3 is 0 Å². The number of hydrogen-bond acceptors (Lipinski definition) is 6. The molecule has 1 aromatic carbocycles. The molecule has 132 valence electrons. The van der Waals surface area contributed by atoms with E-state index < -0.39 is 0 Å². The Kier molecular flexibility index (Phi) is 5.72. The number of halogens is 1. The minimum Gasteiger partial charge on any atom is -0.380 e. The van der Waals surface area contributed by atoms with E-state index in [0.29, 0.717) is 21.0 Å². The monoisotopic (exact) mass is 379 g/mol. The number of thiophene rings is 1. The molecule has 1 amide bonds. The average Bonchev–Trinajstić information content (AvgIpc) is 3.19. The van der Waals surface area contributed by atoms with Crippen molar-refractivity contribution in [3.8, 4) is 0 Å². The highest BCUT2D eigenvalue weighted by atomic mass is 32.1. The number of benzene rings is 1. The lowest BCUT2D eigenvalue weighted by Gasteiger charge is -2.03. The number of amides is 1. The molecular formula is C17H18FN3O2S2. The van der Waals surface area contributed by atoms with Crippen molar-refractivity contribution in [2.24, 2.45) is 0 Å². The SMILES string of the molecule is CCCCc1nnc(NC(=O)c2sc3cccc(F)c3c2COC)s1. The Hall–Kier alpha value is -1.90. The van der Waals surface area contributed by atoms with Crippen molar-refractivity contribution < 1.29 is 13.9 Å². The molecule has 0 atom stereocenters. The second-order valence-corrected chi connectivity index (χ2v) is 7.63. The summed E-state index contributed by atoms with van der Waals surface area (Å²) in [7, 11) is 1.52. The number of carbonyl (C=O) groups is 1. The van der Waals surface area contributed by atoms with Crippen LogP contribution in [0.25, 0.3) is 10.1 Å². The highest BCUT2D eigenvalue weighted by molar-refractivity contribution is 7.21. The van der Waals surface area contributed by atoms with Gasteiger partial charge in [0, 0.05) is 29.2 Å². The third-order valence-electron chi connectivity index (χ3n) is 3.69. The predicted octanol–water partition coefficient (Wildman–Crippen LogP) is 4.63. The highest BCUT2D eigenvalue weighted by Crippen LogP contribution is 2.34. The fourth-order valence-electron chi connectivity index (χ4n) is 2.52. The molecule has 0 aliphatic carbocycles. The Bertz CT molecular complexity index is 891. The molecule has 2 aromatic heterocycles. The molecule has 0 aliphatic heterocycles. The maximum absolute atomic E-state index is 14.2. The van der Waals surface area contributed by atoms with E-state index in [1.807, 2.05) is 0 Å². The first kappa shape index (κ1) is 17.9. The van der Waals surface area contributed by atoms with Crippen molar-refractivity contribution in [3.05, 3.63) is 39.5 Å². The Balaban J connectivity index is 1.87. The fourth-order valence-corrected chi connectivity index (χ4v) is 4.41. The van der Waals surface area contributed by atoms with Crippen LogP contribution in [0.4, 0.5) is 9.52 Å². The predicted molar refractivity (Wildman–Crippen MR) is 99.0 cm³/mol. The Morgan fingerprint density at radius 3 is 2.92 bits per heavy atom. The number of fused-ring (bicyclic) bond motifs is 1. The lowest BCUT2D eigenvalue weighted by atomic mass is 10.1. The van der Waals surface area contributed by atoms with Crippen LogP contribution in [0.15, 0.2) is 18.2 Å². The summed E-state index contributed by atoms with van der Waals surface area (Å²) in [5.41, 5.74) is 0.564. The van der Waals surface area contributed by atoms with Crippen LogP contribution in [-0.2, 0) is 17.8 Å². The minimum absolute atomic E-state index is 0.168. The second-order valence-electron chi connectivity index (χ2n) is 5.51. The van der Waals surface area contributed by atoms with E-state index >= 15 is 0 Å². The number of hydrogen-bond donors (Lipinski definition) is 1. The number of nitrogens with one attached hydrogen (secondary N) is 1. The van der Waals surface area contributed by atoms with Gasteiger partial charge in [0.1, 0.15) is 10.8 Å². The molecule has 0 spiro atoms. The van der Waals surface area contributed by atoms with Crippen molar-refractivity contribution in [2.75, 3.05) is 12.4 Å². The van der Waals surface area contributed by atoms with Crippen LogP contribution in [0, 0.1) is 5.82 Å². The summed E-state index contributed by atoms with van der Waals surface area (Å²) in [4.78, 5) is 13.1. The molecule has 3 rings (SSSR count). The molecule has 0 radical (unpaired) electrons. The van der Waals surface area contributed by atoms with Crippen LogP contribution in [-0.4, -0.2) is 23.2 Å². The lowest BCUT2D eigenvalue weighted by molar-refractivity contribution is 0.102. The molecule has 0 bridgehead atoms. The fraction of sp³-hybridized carbons (Fsp3) is 0.353. The summed E-state index contributed by atoms with van der Waals surface area (Å²) in [6.07, 6.45) is 2.97. The number of nitrogens with zero attached hydrogens (tertiary/aromatic N) is 2. The zero-order chi connectivity index (χ0) is 17.8. The van der Waals surface area contributed by atoms with Gasteiger partial charge in [0.15, 0.2) is 0 Å². The van der Waals surface area contributed by atoms with Gasteiger partial charge in [0.25, 0.3) is 5.91 Å². The number of aromatic nitrogens is 2. The normalized spacial score (nSPS) is 11.2. The van der Waals surface area contributed by atoms with Gasteiger partial charge in [-0.3, -0.25) is 10.1 Å². The Labute approximate surface area is 152 Å². The molecule has 3 aromatic rings. The first-order valence-corrected chi connectivity index (χ1v) is 9.59. The molecule has 1 N–H and O–H groups in total. The first-order chi connectivity index (χ1) is 12.1. The quantitative estimate of drug-likeness (QED) is 0.650. The summed E-state index contributed by atoms with van der Waals surface area (Å²) in [6, 6.07) is 4.82. The maximum Gasteiger partial charge on any atom is 0.267 e. The number of methoxy groups -OCH3 is 1. The molecule has 8 heteroatoms. The van der Waals surface area contributed by atoms with Gasteiger partial charge in [0.2, 0.25) is 5.13 Å². The van der Waals surface area contributed by atoms with E-state index in [2.05, 4.69) is 22.4 Å². The average molecular weight is 379 g/mol. The third kappa shape index (κ3) is 3.86. The summed E-state index contributed by atoms with van der Waals surface area (Å²) < 4.78 is 20.1. The van der Waals surface area contributed by atoms with Gasteiger partial charge in [-0.1, -0.05) is 30.7 Å². The molecule has 0 aliphatic rings. The van der Waals surface area contributed by atoms with E-state index in [4.69, 9.17) is 4.74 Å². The van der Waals surface area contributed by atoms with Gasteiger partial charge in [-0.05, 0) is 18.6 Å². The topological polar surface area (TPSA) is 64.1 Å². The smallest absolute Gasteiger partial charge is 0.267 e. The van der Waals surface area contributed by atoms with Crippen LogP contribution >= 0.6 is 22.7 Å². The Morgan fingerprint density at radius 2 is 2.16 bits per heavy atom. The van der Waals surface area contributed by atoms with Crippen molar-refractivity contribution in [1.82, 2.24) is 10.2 Å². The standard InChI is InChI=1S/C17H18FN3O2S2/c1-3-4-8-13-20-21-17(25-13)19-16(22)15-10(9-23-2)14-11(18)6-5-7-12(14)24-15/h5-7H,3-4,8-9H2,1-2H3,(H,19,21,22). The zero-order valence-corrected chi connectivity index (χ0v) is 15.6. The van der Waals surface area contributed by atoms with Crippen LogP contribution in [0.2, 0.25) is 0 Å². The van der Waals surface area contributed by atoms with E-state index in [1.54, 1.807) is 12.1 Å². The third-order valence-corrected chi connectivity index (χ3v) is 5.78. The van der Waals surface area contributed by atoms with Crippen LogP contribution < -0.4 is 5.32 Å². The van der Waals surface area contributed by atoms with Gasteiger partial charge < -0.3 is 4.74 Å². The summed E-state index contributed by atoms with van der Waals surface area (Å²) >= 11 is 2.62. The number of unbranched alkanes of at least 4 members (excludes halogenated alkanes) is 1. The molecule has 0 saturated carbocycles. The number of carbonyl (C=O) groups excluding carboxylic acids is 1. The van der Waals surface area contributed by atoms with Crippen molar-refractivity contribution in [1.29, 1.82) is 0 Å². The number of aryl methyl sites for hydroxylation is 1. The van der Waals surface area contributed by atoms with Crippen molar-refractivity contribution in [3.63, 3.8) is 0 Å². The van der Waals surface area contributed by atoms with E-state index in [1.165, 1.54) is 35.8 Å². The summed E-state index contributed by atoms with van der Waals surface area (Å²) in [5, 5.41) is 12.7. The highest BCUT2D eigenvalue weighted by Gasteiger charge is 2.21. The largest absolute Gasteiger partial charge is 0.380 e. The van der Waals surface area contributed by atoms with Crippen molar-refractivity contribution in [2.45, 2.75) is 32.8 Å². The molecule has 0 fully saturated rings. The van der Waals surface area contributed by atoms with Gasteiger partial charge in [-0.2, -0.15) is 0 Å². The van der Waals surface area contributed by atoms with E-state index in [-0.39, 0.29) is 18.3 Å². The number of ether oxygens (including phenoxy) is 1. The van der Waals surface area contributed by atoms with Gasteiger partial charge in [0.05, 0.1) is 11.5 Å². The van der Waals surface area contributed by atoms with E-state index in [0.717, 1.165) is 29.0 Å². The van der Waals surface area contributed by atoms with E-state index in [9.17, 15) is 9.18 Å². The van der Waals surface area contributed by atoms with Gasteiger partial charge in [-0.25, -0.2) is 4.39 Å². The molecule has 2 heterocycles. The molecular weight excluding hydrogens is 361 g/mol. The number of rotatable bonds is 7. The van der Waals surface area contributed by atoms with Gasteiger partial charge in [-0.15, -0.1) is 21.5 Å². The second kappa shape index (κ2) is 7.99. The lowest BCUT2D eigenvalue weighted by Crippen LogP contribution is -2.12. The van der Waals surface area contributed by atoms with Crippen LogP contribution in [0.1, 0.15) is 40.0 Å². The number of anilines is 1. The molecule has 25 heavy (non-hydrogen) atoms. The first-order valence-electron chi connectivity index (χ1n) is 7.96. The Morgan fingerprint density at radius 1 is 1.32 bits per heavy atom. The zero-order valence-electron chi connectivity index (χ0n) is 14.0. The summed E-state index contributed by atoms with van der Waals surface area (Å²) in [6.45, 7) is 2.28. The van der Waals surface area contributed by atoms with Crippen molar-refractivity contribution >= 4 is 43.8 Å².